The lowest BCUT2D eigenvalue weighted by Gasteiger charge is -2.16. The molecule has 2 atom stereocenters. The molecule has 0 bridgehead atoms. The summed E-state index contributed by atoms with van der Waals surface area (Å²) in [5, 5.41) is 18.1. The summed E-state index contributed by atoms with van der Waals surface area (Å²) < 4.78 is 0. The number of phenols is 1. The van der Waals surface area contributed by atoms with Crippen LogP contribution in [0.1, 0.15) is 36.0 Å². The number of nitrogens with one attached hydrogen (secondary N) is 2. The first-order valence-electron chi connectivity index (χ1n) is 7.68. The zero-order valence-corrected chi connectivity index (χ0v) is 14.5. The topological polar surface area (TPSA) is 74.2 Å². The third-order valence-corrected chi connectivity index (χ3v) is 4.68. The van der Waals surface area contributed by atoms with Crippen molar-refractivity contribution in [3.8, 4) is 5.75 Å². The van der Waals surface area contributed by atoms with Crippen LogP contribution in [0.25, 0.3) is 0 Å². The average molecular weight is 333 g/mol. The van der Waals surface area contributed by atoms with Gasteiger partial charge >= 0.3 is 6.03 Å². The Morgan fingerprint density at radius 2 is 2.00 bits per heavy atom. The summed E-state index contributed by atoms with van der Waals surface area (Å²) in [5.74, 6) is 0.449. The normalized spacial score (nSPS) is 13.3. The number of benzene rings is 1. The van der Waals surface area contributed by atoms with Crippen molar-refractivity contribution in [2.75, 3.05) is 6.54 Å². The second kappa shape index (κ2) is 7.97. The molecule has 1 aromatic heterocycles. The number of thiazole rings is 1. The molecule has 1 heterocycles. The fourth-order valence-electron chi connectivity index (χ4n) is 2.24. The van der Waals surface area contributed by atoms with E-state index in [1.165, 1.54) is 0 Å². The first-order valence-corrected chi connectivity index (χ1v) is 8.56. The minimum atomic E-state index is -0.170. The van der Waals surface area contributed by atoms with Crippen LogP contribution in [-0.2, 0) is 6.42 Å². The van der Waals surface area contributed by atoms with E-state index >= 15 is 0 Å². The Balaban J connectivity index is 1.74. The van der Waals surface area contributed by atoms with Crippen molar-refractivity contribution in [1.29, 1.82) is 0 Å². The van der Waals surface area contributed by atoms with Crippen LogP contribution in [0.15, 0.2) is 29.6 Å². The predicted octanol–water partition coefficient (Wildman–Crippen LogP) is 3.19. The number of aromatic hydroxyl groups is 1. The Morgan fingerprint density at radius 3 is 2.61 bits per heavy atom. The molecule has 2 rings (SSSR count). The van der Waals surface area contributed by atoms with Gasteiger partial charge in [0.1, 0.15) is 5.75 Å². The lowest BCUT2D eigenvalue weighted by Crippen LogP contribution is -2.42. The van der Waals surface area contributed by atoms with Crippen LogP contribution < -0.4 is 10.6 Å². The average Bonchev–Trinajstić information content (AvgIpc) is 2.94. The van der Waals surface area contributed by atoms with Gasteiger partial charge in [-0.05, 0) is 38.0 Å². The summed E-state index contributed by atoms with van der Waals surface area (Å²) in [5.41, 5.74) is 2.09. The lowest BCUT2D eigenvalue weighted by atomic mass is 10.1. The second-order valence-electron chi connectivity index (χ2n) is 5.85. The molecule has 0 aliphatic carbocycles. The molecule has 5 nitrogen and oxygen atoms in total. The molecule has 0 saturated heterocycles. The van der Waals surface area contributed by atoms with Crippen molar-refractivity contribution in [2.45, 2.75) is 39.2 Å². The van der Waals surface area contributed by atoms with Gasteiger partial charge in [0.2, 0.25) is 0 Å². The fraction of sp³-hybridized carbons (Fsp3) is 0.412. The highest BCUT2D eigenvalue weighted by Gasteiger charge is 2.12. The first-order chi connectivity index (χ1) is 10.9. The molecule has 2 aromatic rings. The third kappa shape index (κ3) is 5.56. The molecular weight excluding hydrogens is 310 g/mol. The quantitative estimate of drug-likeness (QED) is 0.760. The van der Waals surface area contributed by atoms with Gasteiger partial charge in [0, 0.05) is 29.6 Å². The highest BCUT2D eigenvalue weighted by Crippen LogP contribution is 2.18. The molecule has 0 saturated carbocycles. The molecule has 124 valence electrons. The number of hydrogen-bond acceptors (Lipinski definition) is 4. The van der Waals surface area contributed by atoms with E-state index in [-0.39, 0.29) is 23.7 Å². The van der Waals surface area contributed by atoms with Gasteiger partial charge in [0.15, 0.2) is 0 Å². The third-order valence-electron chi connectivity index (χ3n) is 3.48. The predicted molar refractivity (Wildman–Crippen MR) is 93.1 cm³/mol. The van der Waals surface area contributed by atoms with Crippen LogP contribution in [0.2, 0.25) is 0 Å². The Morgan fingerprint density at radius 1 is 1.30 bits per heavy atom. The number of amides is 2. The molecule has 3 N–H and O–H groups in total. The number of carbonyl (C=O) groups is 1. The Kier molecular flexibility index (Phi) is 5.98. The van der Waals surface area contributed by atoms with Gasteiger partial charge in [-0.2, -0.15) is 0 Å². The molecule has 6 heteroatoms. The lowest BCUT2D eigenvalue weighted by molar-refractivity contribution is 0.237. The van der Waals surface area contributed by atoms with Crippen molar-refractivity contribution in [3.05, 3.63) is 45.9 Å². The minimum absolute atomic E-state index is 0.0111. The molecule has 0 aliphatic heterocycles. The Hall–Kier alpha value is -2.08. The number of carbonyl (C=O) groups excluding carboxylic acids is 1. The van der Waals surface area contributed by atoms with E-state index < -0.39 is 0 Å². The molecule has 0 fully saturated rings. The van der Waals surface area contributed by atoms with E-state index in [1.54, 1.807) is 23.5 Å². The molecule has 23 heavy (non-hydrogen) atoms. The number of aryl methyl sites for hydroxylation is 1. The number of phenolic OH excluding ortho intramolecular Hbond substituents is 1. The van der Waals surface area contributed by atoms with Gasteiger partial charge in [-0.3, -0.25) is 0 Å². The van der Waals surface area contributed by atoms with E-state index in [2.05, 4.69) is 22.5 Å². The van der Waals surface area contributed by atoms with E-state index in [0.29, 0.717) is 6.54 Å². The first kappa shape index (κ1) is 17.3. The maximum atomic E-state index is 12.0. The summed E-state index contributed by atoms with van der Waals surface area (Å²) in [6.07, 6.45) is 0.717. The van der Waals surface area contributed by atoms with Crippen molar-refractivity contribution in [2.24, 2.45) is 0 Å². The van der Waals surface area contributed by atoms with Gasteiger partial charge in [0.25, 0.3) is 0 Å². The Labute approximate surface area is 140 Å². The smallest absolute Gasteiger partial charge is 0.315 e. The molecule has 0 unspecified atom stereocenters. The highest BCUT2D eigenvalue weighted by atomic mass is 32.1. The molecule has 0 spiro atoms. The van der Waals surface area contributed by atoms with Gasteiger partial charge in [-0.25, -0.2) is 9.78 Å². The second-order valence-corrected chi connectivity index (χ2v) is 6.74. The van der Waals surface area contributed by atoms with E-state index in [0.717, 1.165) is 22.7 Å². The Bertz CT molecular complexity index is 640. The zero-order chi connectivity index (χ0) is 16.8. The van der Waals surface area contributed by atoms with Crippen LogP contribution in [-0.4, -0.2) is 28.7 Å². The van der Waals surface area contributed by atoms with E-state index in [9.17, 15) is 9.90 Å². The number of aromatic nitrogens is 1. The summed E-state index contributed by atoms with van der Waals surface area (Å²) >= 11 is 1.62. The van der Waals surface area contributed by atoms with Crippen LogP contribution in [0.5, 0.6) is 5.75 Å². The summed E-state index contributed by atoms with van der Waals surface area (Å²) in [4.78, 5) is 16.4. The fourth-order valence-corrected chi connectivity index (χ4v) is 3.10. The monoisotopic (exact) mass is 333 g/mol. The molecule has 0 aliphatic rings. The number of rotatable bonds is 6. The van der Waals surface area contributed by atoms with Crippen molar-refractivity contribution >= 4 is 17.4 Å². The van der Waals surface area contributed by atoms with Gasteiger partial charge in [-0.15, -0.1) is 11.3 Å². The van der Waals surface area contributed by atoms with Crippen molar-refractivity contribution in [3.63, 3.8) is 0 Å². The number of nitrogens with zero attached hydrogens (tertiary/aromatic N) is 1. The molecule has 2 amide bonds. The molecule has 0 radical (unpaired) electrons. The van der Waals surface area contributed by atoms with Gasteiger partial charge in [-0.1, -0.05) is 19.1 Å². The molecule has 1 aromatic carbocycles. The zero-order valence-electron chi connectivity index (χ0n) is 13.7. The largest absolute Gasteiger partial charge is 0.508 e. The van der Waals surface area contributed by atoms with Crippen LogP contribution in [0, 0.1) is 6.92 Å². The highest BCUT2D eigenvalue weighted by molar-refractivity contribution is 7.09. The number of hydrogen-bond donors (Lipinski definition) is 3. The van der Waals surface area contributed by atoms with Crippen LogP contribution in [0.4, 0.5) is 4.79 Å². The minimum Gasteiger partial charge on any atom is -0.508 e. The van der Waals surface area contributed by atoms with Crippen LogP contribution in [0.3, 0.4) is 0 Å². The van der Waals surface area contributed by atoms with E-state index in [4.69, 9.17) is 0 Å². The van der Waals surface area contributed by atoms with Crippen molar-refractivity contribution < 1.29 is 9.90 Å². The maximum Gasteiger partial charge on any atom is 0.315 e. The number of urea groups is 1. The van der Waals surface area contributed by atoms with E-state index in [1.807, 2.05) is 31.4 Å². The van der Waals surface area contributed by atoms with Gasteiger partial charge in [0.05, 0.1) is 5.01 Å². The summed E-state index contributed by atoms with van der Waals surface area (Å²) in [6, 6.07) is 6.87. The van der Waals surface area contributed by atoms with Crippen LogP contribution >= 0.6 is 11.3 Å². The summed E-state index contributed by atoms with van der Waals surface area (Å²) in [6.45, 7) is 6.54. The maximum absolute atomic E-state index is 12.0. The van der Waals surface area contributed by atoms with Crippen molar-refractivity contribution in [1.82, 2.24) is 15.6 Å². The summed E-state index contributed by atoms with van der Waals surface area (Å²) in [7, 11) is 0. The van der Waals surface area contributed by atoms with Gasteiger partial charge < -0.3 is 15.7 Å². The molecular formula is C17H23N3O2S. The SMILES string of the molecule is Cc1csc([C@H](C)CNC(=O)N[C@@H](C)Cc2ccc(O)cc2)n1. The standard InChI is InChI=1S/C17H23N3O2S/c1-11(16-19-13(3)10-23-16)9-18-17(22)20-12(2)8-14-4-6-15(21)7-5-14/h4-7,10-12,21H,8-9H2,1-3H3,(H2,18,20,22)/t11-,12+/m1/s1.